The number of anilines is 1. The van der Waals surface area contributed by atoms with E-state index in [9.17, 15) is 28.0 Å². The van der Waals surface area contributed by atoms with Crippen molar-refractivity contribution in [2.45, 2.75) is 37.5 Å². The molecule has 1 atom stereocenters. The number of nitrogens with one attached hydrogen (secondary N) is 2. The molecular weight excluding hydrogens is 375 g/mol. The average molecular weight is 391 g/mol. The molecule has 0 saturated carbocycles. The summed E-state index contributed by atoms with van der Waals surface area (Å²) in [6.45, 7) is 0. The number of carbonyl (C=O) groups is 2. The third-order valence-corrected chi connectivity index (χ3v) is 5.18. The molecule has 0 fully saturated rings. The Bertz CT molecular complexity index is 757. The molecule has 0 unspecified atom stereocenters. The number of rotatable bonds is 4. The van der Waals surface area contributed by atoms with Gasteiger partial charge in [-0.3, -0.25) is 5.32 Å². The number of amides is 1. The van der Waals surface area contributed by atoms with Gasteiger partial charge >= 0.3 is 23.9 Å². The van der Waals surface area contributed by atoms with Crippen molar-refractivity contribution in [3.05, 3.63) is 16.0 Å². The third kappa shape index (κ3) is 3.41. The second kappa shape index (κ2) is 7.41. The van der Waals surface area contributed by atoms with Gasteiger partial charge in [-0.15, -0.1) is 11.3 Å². The highest BCUT2D eigenvalue weighted by Crippen LogP contribution is 2.41. The van der Waals surface area contributed by atoms with Gasteiger partial charge in [-0.1, -0.05) is 0 Å². The zero-order valence-corrected chi connectivity index (χ0v) is 14.8. The summed E-state index contributed by atoms with van der Waals surface area (Å²) in [6, 6.07) is 1.89. The maximum Gasteiger partial charge on any atom is 0.442 e. The number of thiophene rings is 1. The molecule has 1 aliphatic rings. The molecular formula is C15H16F3N3O4S. The smallest absolute Gasteiger partial charge is 0.442 e. The highest BCUT2D eigenvalue weighted by molar-refractivity contribution is 7.16. The van der Waals surface area contributed by atoms with Gasteiger partial charge in [0, 0.05) is 4.88 Å². The molecule has 1 heterocycles. The van der Waals surface area contributed by atoms with Gasteiger partial charge in [0.1, 0.15) is 11.1 Å². The topological polar surface area (TPSA) is 100 Å². The minimum Gasteiger partial charge on any atom is -0.466 e. The summed E-state index contributed by atoms with van der Waals surface area (Å²) in [5.41, 5.74) is -2.88. The first-order valence-electron chi connectivity index (χ1n) is 7.54. The Labute approximate surface area is 151 Å². The van der Waals surface area contributed by atoms with E-state index in [0.29, 0.717) is 18.4 Å². The molecule has 26 heavy (non-hydrogen) atoms. The number of alkyl halides is 3. The summed E-state index contributed by atoms with van der Waals surface area (Å²) in [5, 5.41) is 12.7. The molecule has 0 bridgehead atoms. The fourth-order valence-corrected chi connectivity index (χ4v) is 3.99. The molecule has 1 aromatic rings. The number of fused-ring (bicyclic) bond motifs is 1. The number of esters is 1. The summed E-state index contributed by atoms with van der Waals surface area (Å²) in [5.74, 6) is -1.79. The fraction of sp³-hybridized carbons (Fsp3) is 0.533. The maximum atomic E-state index is 13.8. The standard InChI is InChI=1S/C15H16F3N3O4S/c1-24-12(22)14(15(16,17)18,21-13(23)25-2)20-11-9(7-19)8-5-3-4-6-10(8)26-11/h20H,3-6H2,1-2H3,(H,21,23)/t14-/m0/s1. The van der Waals surface area contributed by atoms with Gasteiger partial charge in [0.2, 0.25) is 0 Å². The Morgan fingerprint density at radius 1 is 1.19 bits per heavy atom. The van der Waals surface area contributed by atoms with Crippen LogP contribution in [0.5, 0.6) is 0 Å². The molecule has 142 valence electrons. The van der Waals surface area contributed by atoms with E-state index < -0.39 is 23.9 Å². The van der Waals surface area contributed by atoms with Crippen molar-refractivity contribution in [2.75, 3.05) is 19.5 Å². The maximum absolute atomic E-state index is 13.8. The van der Waals surface area contributed by atoms with E-state index in [1.165, 1.54) is 5.32 Å². The van der Waals surface area contributed by atoms with Crippen molar-refractivity contribution in [1.82, 2.24) is 5.32 Å². The number of hydrogen-bond acceptors (Lipinski definition) is 7. The quantitative estimate of drug-likeness (QED) is 0.605. The lowest BCUT2D eigenvalue weighted by Gasteiger charge is -2.34. The molecule has 1 aromatic heterocycles. The zero-order chi connectivity index (χ0) is 19.5. The first-order chi connectivity index (χ1) is 12.2. The number of ether oxygens (including phenoxy) is 2. The van der Waals surface area contributed by atoms with Crippen LogP contribution >= 0.6 is 11.3 Å². The minimum absolute atomic E-state index is 0.0360. The molecule has 1 amide bonds. The Morgan fingerprint density at radius 3 is 2.38 bits per heavy atom. The Morgan fingerprint density at radius 2 is 1.85 bits per heavy atom. The molecule has 11 heteroatoms. The van der Waals surface area contributed by atoms with Gasteiger partial charge in [0.25, 0.3) is 0 Å². The van der Waals surface area contributed by atoms with Crippen LogP contribution in [0.15, 0.2) is 0 Å². The molecule has 0 saturated heterocycles. The number of carbonyl (C=O) groups excluding carboxylic acids is 2. The van der Waals surface area contributed by atoms with Crippen LogP contribution in [0.3, 0.4) is 0 Å². The molecule has 7 nitrogen and oxygen atoms in total. The minimum atomic E-state index is -5.27. The van der Waals surface area contributed by atoms with Crippen molar-refractivity contribution in [2.24, 2.45) is 0 Å². The lowest BCUT2D eigenvalue weighted by Crippen LogP contribution is -2.69. The summed E-state index contributed by atoms with van der Waals surface area (Å²) in [7, 11) is 1.62. The van der Waals surface area contributed by atoms with Crippen LogP contribution in [0.1, 0.15) is 28.8 Å². The monoisotopic (exact) mass is 391 g/mol. The number of hydrogen-bond donors (Lipinski definition) is 2. The summed E-state index contributed by atoms with van der Waals surface area (Å²) in [4.78, 5) is 24.3. The average Bonchev–Trinajstić information content (AvgIpc) is 2.95. The SMILES string of the molecule is COC(=O)N[C@@](Nc1sc2c(c1C#N)CCCC2)(C(=O)OC)C(F)(F)F. The third-order valence-electron chi connectivity index (χ3n) is 3.98. The Kier molecular flexibility index (Phi) is 5.65. The molecule has 2 N–H and O–H groups in total. The van der Waals surface area contributed by atoms with Gasteiger partial charge < -0.3 is 14.8 Å². The van der Waals surface area contributed by atoms with Crippen LogP contribution in [0.4, 0.5) is 23.0 Å². The van der Waals surface area contributed by atoms with E-state index in [2.05, 4.69) is 9.47 Å². The lowest BCUT2D eigenvalue weighted by molar-refractivity contribution is -0.203. The van der Waals surface area contributed by atoms with Gasteiger partial charge in [-0.05, 0) is 31.2 Å². The van der Waals surface area contributed by atoms with Crippen LogP contribution in [-0.2, 0) is 27.1 Å². The zero-order valence-electron chi connectivity index (χ0n) is 14.0. The van der Waals surface area contributed by atoms with E-state index in [0.717, 1.165) is 43.3 Å². The molecule has 0 radical (unpaired) electrons. The van der Waals surface area contributed by atoms with Crippen LogP contribution in [0, 0.1) is 11.3 Å². The Balaban J connectivity index is 2.57. The Hall–Kier alpha value is -2.48. The highest BCUT2D eigenvalue weighted by Gasteiger charge is 2.64. The number of nitriles is 1. The lowest BCUT2D eigenvalue weighted by atomic mass is 9.96. The van der Waals surface area contributed by atoms with E-state index in [1.807, 2.05) is 11.4 Å². The van der Waals surface area contributed by atoms with Crippen LogP contribution < -0.4 is 10.6 Å². The van der Waals surface area contributed by atoms with Crippen molar-refractivity contribution in [3.63, 3.8) is 0 Å². The number of nitrogens with zero attached hydrogens (tertiary/aromatic N) is 1. The predicted molar refractivity (Wildman–Crippen MR) is 85.6 cm³/mol. The summed E-state index contributed by atoms with van der Waals surface area (Å²) < 4.78 is 49.9. The first-order valence-corrected chi connectivity index (χ1v) is 8.36. The number of aryl methyl sites for hydroxylation is 1. The van der Waals surface area contributed by atoms with Gasteiger partial charge in [0.15, 0.2) is 0 Å². The van der Waals surface area contributed by atoms with Crippen molar-refractivity contribution in [3.8, 4) is 6.07 Å². The summed E-state index contributed by atoms with van der Waals surface area (Å²) >= 11 is 0.959. The second-order valence-electron chi connectivity index (χ2n) is 5.51. The summed E-state index contributed by atoms with van der Waals surface area (Å²) in [6.07, 6.45) is -3.87. The highest BCUT2D eigenvalue weighted by atomic mass is 32.1. The van der Waals surface area contributed by atoms with Crippen molar-refractivity contribution >= 4 is 28.4 Å². The molecule has 0 spiro atoms. The molecule has 0 aromatic carbocycles. The molecule has 2 rings (SSSR count). The van der Waals surface area contributed by atoms with E-state index in [-0.39, 0.29) is 10.6 Å². The van der Waals surface area contributed by atoms with E-state index >= 15 is 0 Å². The van der Waals surface area contributed by atoms with Gasteiger partial charge in [-0.2, -0.15) is 18.4 Å². The van der Waals surface area contributed by atoms with Gasteiger partial charge in [0.05, 0.1) is 19.8 Å². The number of alkyl carbamates (subject to hydrolysis) is 1. The van der Waals surface area contributed by atoms with Crippen LogP contribution in [0.25, 0.3) is 0 Å². The van der Waals surface area contributed by atoms with Crippen molar-refractivity contribution < 1.29 is 32.2 Å². The largest absolute Gasteiger partial charge is 0.466 e. The fourth-order valence-electron chi connectivity index (χ4n) is 2.69. The predicted octanol–water partition coefficient (Wildman–Crippen LogP) is 2.70. The second-order valence-corrected chi connectivity index (χ2v) is 6.61. The first kappa shape index (κ1) is 19.8. The molecule has 1 aliphatic carbocycles. The normalized spacial score (nSPS) is 15.8. The molecule has 0 aliphatic heterocycles. The van der Waals surface area contributed by atoms with E-state index in [4.69, 9.17) is 0 Å². The van der Waals surface area contributed by atoms with Crippen LogP contribution in [-0.4, -0.2) is 38.1 Å². The van der Waals surface area contributed by atoms with Crippen molar-refractivity contribution in [1.29, 1.82) is 5.26 Å². The van der Waals surface area contributed by atoms with Gasteiger partial charge in [-0.25, -0.2) is 9.59 Å². The van der Waals surface area contributed by atoms with E-state index in [1.54, 1.807) is 0 Å². The number of methoxy groups -OCH3 is 2. The number of halogens is 3. The van der Waals surface area contributed by atoms with Crippen LogP contribution in [0.2, 0.25) is 0 Å².